The lowest BCUT2D eigenvalue weighted by atomic mass is 10.2. The Morgan fingerprint density at radius 2 is 1.95 bits per heavy atom. The first kappa shape index (κ1) is 16.4. The predicted octanol–water partition coefficient (Wildman–Crippen LogP) is 3.33. The highest BCUT2D eigenvalue weighted by Crippen LogP contribution is 2.15. The molecule has 5 heteroatoms. The van der Waals surface area contributed by atoms with Crippen molar-refractivity contribution < 1.29 is 9.50 Å². The standard InChI is InChI=1S/C17H19FN2OS/c1-13-7-8-15(11-16(13)18)19-17(22)20(9-10-21)12-14-5-3-2-4-6-14/h2-8,11,21H,9-10,12H2,1H3,(H,19,22). The summed E-state index contributed by atoms with van der Waals surface area (Å²) >= 11 is 5.38. The third kappa shape index (κ3) is 4.51. The molecule has 0 amide bonds. The van der Waals surface area contributed by atoms with Gasteiger partial charge in [0.25, 0.3) is 0 Å². The smallest absolute Gasteiger partial charge is 0.173 e. The molecule has 2 aromatic rings. The molecule has 2 rings (SSSR count). The second kappa shape index (κ2) is 7.87. The van der Waals surface area contributed by atoms with Gasteiger partial charge in [-0.1, -0.05) is 36.4 Å². The molecule has 0 spiro atoms. The van der Waals surface area contributed by atoms with Crippen LogP contribution < -0.4 is 5.32 Å². The summed E-state index contributed by atoms with van der Waals surface area (Å²) in [6.07, 6.45) is 0. The van der Waals surface area contributed by atoms with Gasteiger partial charge in [-0.3, -0.25) is 0 Å². The van der Waals surface area contributed by atoms with E-state index in [4.69, 9.17) is 12.2 Å². The van der Waals surface area contributed by atoms with E-state index in [1.165, 1.54) is 6.07 Å². The first-order valence-electron chi connectivity index (χ1n) is 7.07. The van der Waals surface area contributed by atoms with Crippen LogP contribution in [0.5, 0.6) is 0 Å². The highest BCUT2D eigenvalue weighted by atomic mass is 32.1. The molecule has 0 fully saturated rings. The number of hydrogen-bond donors (Lipinski definition) is 2. The average Bonchev–Trinajstić information content (AvgIpc) is 2.51. The van der Waals surface area contributed by atoms with Gasteiger partial charge in [0.05, 0.1) is 6.61 Å². The Morgan fingerprint density at radius 3 is 2.59 bits per heavy atom. The van der Waals surface area contributed by atoms with Crippen molar-refractivity contribution in [3.8, 4) is 0 Å². The molecule has 0 saturated heterocycles. The van der Waals surface area contributed by atoms with Crippen molar-refractivity contribution in [3.63, 3.8) is 0 Å². The van der Waals surface area contributed by atoms with Crippen molar-refractivity contribution in [1.82, 2.24) is 4.90 Å². The third-order valence-corrected chi connectivity index (χ3v) is 3.66. The zero-order valence-corrected chi connectivity index (χ0v) is 13.2. The Kier molecular flexibility index (Phi) is 5.86. The maximum atomic E-state index is 13.6. The molecule has 22 heavy (non-hydrogen) atoms. The van der Waals surface area contributed by atoms with Crippen molar-refractivity contribution in [3.05, 3.63) is 65.5 Å². The van der Waals surface area contributed by atoms with Crippen molar-refractivity contribution >= 4 is 23.0 Å². The summed E-state index contributed by atoms with van der Waals surface area (Å²) in [4.78, 5) is 1.85. The SMILES string of the molecule is Cc1ccc(NC(=S)N(CCO)Cc2ccccc2)cc1F. The molecule has 0 aromatic heterocycles. The molecule has 0 radical (unpaired) electrons. The monoisotopic (exact) mass is 318 g/mol. The van der Waals surface area contributed by atoms with Crippen molar-refractivity contribution in [2.24, 2.45) is 0 Å². The largest absolute Gasteiger partial charge is 0.395 e. The van der Waals surface area contributed by atoms with Gasteiger partial charge in [-0.15, -0.1) is 0 Å². The lowest BCUT2D eigenvalue weighted by molar-refractivity contribution is 0.248. The van der Waals surface area contributed by atoms with Crippen molar-refractivity contribution in [2.45, 2.75) is 13.5 Å². The maximum absolute atomic E-state index is 13.6. The summed E-state index contributed by atoms with van der Waals surface area (Å²) in [6.45, 7) is 2.71. The van der Waals surface area contributed by atoms with Crippen LogP contribution in [0, 0.1) is 12.7 Å². The second-order valence-electron chi connectivity index (χ2n) is 5.02. The number of hydrogen-bond acceptors (Lipinski definition) is 2. The number of rotatable bonds is 5. The van der Waals surface area contributed by atoms with Gasteiger partial charge in [-0.2, -0.15) is 0 Å². The molecule has 0 aliphatic rings. The fraction of sp³-hybridized carbons (Fsp3) is 0.235. The molecule has 116 valence electrons. The minimum Gasteiger partial charge on any atom is -0.395 e. The molecule has 3 nitrogen and oxygen atoms in total. The number of thiocarbonyl (C=S) groups is 1. The topological polar surface area (TPSA) is 35.5 Å². The minimum atomic E-state index is -0.274. The van der Waals surface area contributed by atoms with Gasteiger partial charge in [0.15, 0.2) is 5.11 Å². The van der Waals surface area contributed by atoms with Crippen LogP contribution in [0.15, 0.2) is 48.5 Å². The number of anilines is 1. The lowest BCUT2D eigenvalue weighted by Crippen LogP contribution is -2.36. The Labute approximate surface area is 135 Å². The van der Waals surface area contributed by atoms with Crippen molar-refractivity contribution in [2.75, 3.05) is 18.5 Å². The summed E-state index contributed by atoms with van der Waals surface area (Å²) in [6, 6.07) is 14.8. The Morgan fingerprint density at radius 1 is 1.23 bits per heavy atom. The molecule has 0 saturated carbocycles. The molecule has 0 aliphatic heterocycles. The van der Waals surface area contributed by atoms with E-state index in [0.29, 0.717) is 29.5 Å². The van der Waals surface area contributed by atoms with Crippen LogP contribution in [0.1, 0.15) is 11.1 Å². The van der Waals surface area contributed by atoms with Crippen LogP contribution in [0.25, 0.3) is 0 Å². The average molecular weight is 318 g/mol. The Balaban J connectivity index is 2.07. The number of benzene rings is 2. The van der Waals surface area contributed by atoms with Crippen LogP contribution in [0.2, 0.25) is 0 Å². The van der Waals surface area contributed by atoms with Crippen LogP contribution in [0.3, 0.4) is 0 Å². The molecule has 0 aliphatic carbocycles. The molecule has 0 unspecified atom stereocenters. The van der Waals surface area contributed by atoms with Gasteiger partial charge in [-0.05, 0) is 42.4 Å². The van der Waals surface area contributed by atoms with Gasteiger partial charge < -0.3 is 15.3 Å². The van der Waals surface area contributed by atoms with Crippen LogP contribution in [-0.4, -0.2) is 28.3 Å². The van der Waals surface area contributed by atoms with Gasteiger partial charge in [0, 0.05) is 18.8 Å². The quantitative estimate of drug-likeness (QED) is 0.829. The lowest BCUT2D eigenvalue weighted by Gasteiger charge is -2.25. The van der Waals surface area contributed by atoms with Gasteiger partial charge in [0.2, 0.25) is 0 Å². The number of nitrogens with zero attached hydrogens (tertiary/aromatic N) is 1. The predicted molar refractivity (Wildman–Crippen MR) is 91.3 cm³/mol. The van der Waals surface area contributed by atoms with E-state index in [0.717, 1.165) is 5.56 Å². The van der Waals surface area contributed by atoms with E-state index in [-0.39, 0.29) is 12.4 Å². The normalized spacial score (nSPS) is 10.3. The number of aliphatic hydroxyl groups excluding tert-OH is 1. The molecule has 2 aromatic carbocycles. The summed E-state index contributed by atoms with van der Waals surface area (Å²) in [5, 5.41) is 12.7. The fourth-order valence-corrected chi connectivity index (χ4v) is 2.32. The third-order valence-electron chi connectivity index (χ3n) is 3.30. The van der Waals surface area contributed by atoms with Crippen molar-refractivity contribution in [1.29, 1.82) is 0 Å². The zero-order valence-electron chi connectivity index (χ0n) is 12.4. The zero-order chi connectivity index (χ0) is 15.9. The van der Waals surface area contributed by atoms with Gasteiger partial charge >= 0.3 is 0 Å². The van der Waals surface area contributed by atoms with E-state index in [2.05, 4.69) is 5.32 Å². The van der Waals surface area contributed by atoms with Crippen LogP contribution >= 0.6 is 12.2 Å². The number of aliphatic hydroxyl groups is 1. The molecule has 0 bridgehead atoms. The molecule has 2 N–H and O–H groups in total. The highest BCUT2D eigenvalue weighted by Gasteiger charge is 2.11. The number of aryl methyl sites for hydroxylation is 1. The summed E-state index contributed by atoms with van der Waals surface area (Å²) in [7, 11) is 0. The fourth-order valence-electron chi connectivity index (χ4n) is 2.05. The Bertz CT molecular complexity index is 634. The van der Waals surface area contributed by atoms with Crippen LogP contribution in [-0.2, 0) is 6.54 Å². The molecule has 0 atom stereocenters. The molecule has 0 heterocycles. The van der Waals surface area contributed by atoms with E-state index in [9.17, 15) is 9.50 Å². The highest BCUT2D eigenvalue weighted by molar-refractivity contribution is 7.80. The maximum Gasteiger partial charge on any atom is 0.173 e. The first-order valence-corrected chi connectivity index (χ1v) is 7.48. The van der Waals surface area contributed by atoms with Gasteiger partial charge in [0.1, 0.15) is 5.82 Å². The van der Waals surface area contributed by atoms with E-state index < -0.39 is 0 Å². The van der Waals surface area contributed by atoms with Crippen LogP contribution in [0.4, 0.5) is 10.1 Å². The molecular weight excluding hydrogens is 299 g/mol. The molecular formula is C17H19FN2OS. The van der Waals surface area contributed by atoms with Gasteiger partial charge in [-0.25, -0.2) is 4.39 Å². The summed E-state index contributed by atoms with van der Waals surface area (Å²) in [5.41, 5.74) is 2.28. The second-order valence-corrected chi connectivity index (χ2v) is 5.41. The summed E-state index contributed by atoms with van der Waals surface area (Å²) < 4.78 is 13.6. The summed E-state index contributed by atoms with van der Waals surface area (Å²) in [5.74, 6) is -0.274. The van der Waals surface area contributed by atoms with E-state index in [1.807, 2.05) is 35.2 Å². The van der Waals surface area contributed by atoms with E-state index in [1.54, 1.807) is 19.1 Å². The first-order chi connectivity index (χ1) is 10.6. The number of nitrogens with one attached hydrogen (secondary N) is 1. The minimum absolute atomic E-state index is 0.00306. The Hall–Kier alpha value is -1.98. The van der Waals surface area contributed by atoms with E-state index >= 15 is 0 Å². The number of halogens is 1.